The fourth-order valence-corrected chi connectivity index (χ4v) is 5.25. The summed E-state index contributed by atoms with van der Waals surface area (Å²) in [4.78, 5) is 13.4. The SMILES string of the molecule is COc1ccc(NC(=O)c2ccccc2N(Cc2ccc(Cl)cc2)S(=O)(=O)c2ccc(C)cc2)cc1. The van der Waals surface area contributed by atoms with Crippen molar-refractivity contribution in [3.63, 3.8) is 0 Å². The maximum atomic E-state index is 13.9. The number of carbonyl (C=O) groups excluding carboxylic acids is 1. The zero-order valence-corrected chi connectivity index (χ0v) is 21.4. The second-order valence-corrected chi connectivity index (χ2v) is 10.4. The smallest absolute Gasteiger partial charge is 0.264 e. The number of methoxy groups -OCH3 is 1. The topological polar surface area (TPSA) is 75.7 Å². The molecule has 0 aromatic heterocycles. The summed E-state index contributed by atoms with van der Waals surface area (Å²) in [5.74, 6) is 0.225. The molecule has 1 N–H and O–H groups in total. The molecule has 1 amide bonds. The standard InChI is InChI=1S/C28H25ClN2O4S/c1-20-7-17-25(18-8-20)36(33,34)31(19-21-9-11-22(29)12-10-21)27-6-4-3-5-26(27)28(32)30-23-13-15-24(35-2)16-14-23/h3-18H,19H2,1-2H3,(H,30,32). The molecule has 0 heterocycles. The number of nitrogens with zero attached hydrogens (tertiary/aromatic N) is 1. The highest BCUT2D eigenvalue weighted by atomic mass is 35.5. The van der Waals surface area contributed by atoms with E-state index in [1.54, 1.807) is 104 Å². The van der Waals surface area contributed by atoms with Crippen molar-refractivity contribution in [1.82, 2.24) is 0 Å². The molecule has 4 aromatic carbocycles. The summed E-state index contributed by atoms with van der Waals surface area (Å²) < 4.78 is 34.2. The average molecular weight is 521 g/mol. The summed E-state index contributed by atoms with van der Waals surface area (Å²) in [5.41, 5.74) is 2.70. The Balaban J connectivity index is 1.76. The first kappa shape index (κ1) is 25.3. The van der Waals surface area contributed by atoms with Crippen LogP contribution in [0.4, 0.5) is 11.4 Å². The zero-order chi connectivity index (χ0) is 25.7. The molecule has 0 aliphatic carbocycles. The van der Waals surface area contributed by atoms with Crippen molar-refractivity contribution in [3.05, 3.63) is 119 Å². The molecule has 0 aliphatic rings. The number of sulfonamides is 1. The summed E-state index contributed by atoms with van der Waals surface area (Å²) in [5, 5.41) is 3.39. The quantitative estimate of drug-likeness (QED) is 0.295. The van der Waals surface area contributed by atoms with Gasteiger partial charge >= 0.3 is 0 Å². The monoisotopic (exact) mass is 520 g/mol. The number of amides is 1. The fraction of sp³-hybridized carbons (Fsp3) is 0.107. The largest absolute Gasteiger partial charge is 0.497 e. The number of hydrogen-bond donors (Lipinski definition) is 1. The predicted octanol–water partition coefficient (Wildman–Crippen LogP) is 6.30. The van der Waals surface area contributed by atoms with Crippen molar-refractivity contribution in [2.24, 2.45) is 0 Å². The van der Waals surface area contributed by atoms with Crippen LogP contribution < -0.4 is 14.4 Å². The van der Waals surface area contributed by atoms with Crippen molar-refractivity contribution in [2.45, 2.75) is 18.4 Å². The highest BCUT2D eigenvalue weighted by molar-refractivity contribution is 7.92. The Labute approximate surface area is 216 Å². The van der Waals surface area contributed by atoms with E-state index in [-0.39, 0.29) is 22.7 Å². The molecule has 0 unspecified atom stereocenters. The highest BCUT2D eigenvalue weighted by Gasteiger charge is 2.28. The van der Waals surface area contributed by atoms with Crippen LogP contribution in [0.25, 0.3) is 0 Å². The van der Waals surface area contributed by atoms with Crippen LogP contribution in [-0.2, 0) is 16.6 Å². The van der Waals surface area contributed by atoms with Crippen LogP contribution in [0.15, 0.2) is 102 Å². The number of hydrogen-bond acceptors (Lipinski definition) is 4. The lowest BCUT2D eigenvalue weighted by atomic mass is 10.1. The molecule has 0 fully saturated rings. The van der Waals surface area contributed by atoms with Crippen LogP contribution in [0.3, 0.4) is 0 Å². The lowest BCUT2D eigenvalue weighted by Crippen LogP contribution is -2.32. The van der Waals surface area contributed by atoms with Gasteiger partial charge in [0.2, 0.25) is 0 Å². The number of benzene rings is 4. The summed E-state index contributed by atoms with van der Waals surface area (Å²) in [7, 11) is -2.45. The minimum atomic E-state index is -4.01. The van der Waals surface area contributed by atoms with Crippen molar-refractivity contribution in [1.29, 1.82) is 0 Å². The molecule has 0 aliphatic heterocycles. The molecule has 4 rings (SSSR count). The Morgan fingerprint density at radius 2 is 1.53 bits per heavy atom. The van der Waals surface area contributed by atoms with Gasteiger partial charge in [0.1, 0.15) is 5.75 Å². The molecule has 0 radical (unpaired) electrons. The Morgan fingerprint density at radius 3 is 2.17 bits per heavy atom. The molecule has 0 spiro atoms. The van der Waals surface area contributed by atoms with Crippen LogP contribution in [-0.4, -0.2) is 21.4 Å². The van der Waals surface area contributed by atoms with E-state index in [0.29, 0.717) is 16.5 Å². The minimum Gasteiger partial charge on any atom is -0.497 e. The molecule has 0 atom stereocenters. The molecule has 0 saturated heterocycles. The van der Waals surface area contributed by atoms with Gasteiger partial charge < -0.3 is 10.1 Å². The first-order valence-corrected chi connectivity index (χ1v) is 13.0. The Bertz CT molecular complexity index is 1450. The second-order valence-electron chi connectivity index (χ2n) is 8.15. The Hall–Kier alpha value is -3.81. The van der Waals surface area contributed by atoms with E-state index in [4.69, 9.17) is 16.3 Å². The predicted molar refractivity (Wildman–Crippen MR) is 143 cm³/mol. The molecule has 36 heavy (non-hydrogen) atoms. The van der Waals surface area contributed by atoms with Gasteiger partial charge in [-0.15, -0.1) is 0 Å². The third-order valence-corrected chi connectivity index (χ3v) is 7.64. The minimum absolute atomic E-state index is 0.0141. The van der Waals surface area contributed by atoms with Gasteiger partial charge in [-0.3, -0.25) is 9.10 Å². The van der Waals surface area contributed by atoms with Crippen LogP contribution >= 0.6 is 11.6 Å². The Morgan fingerprint density at radius 1 is 0.889 bits per heavy atom. The molecule has 184 valence electrons. The summed E-state index contributed by atoms with van der Waals surface area (Å²) in [6.45, 7) is 1.90. The molecular weight excluding hydrogens is 496 g/mol. The molecule has 0 bridgehead atoms. The van der Waals surface area contributed by atoms with E-state index in [9.17, 15) is 13.2 Å². The molecule has 8 heteroatoms. The number of para-hydroxylation sites is 1. The van der Waals surface area contributed by atoms with Gasteiger partial charge in [0, 0.05) is 10.7 Å². The normalized spacial score (nSPS) is 11.1. The first-order chi connectivity index (χ1) is 17.3. The van der Waals surface area contributed by atoms with Crippen molar-refractivity contribution in [3.8, 4) is 5.75 Å². The van der Waals surface area contributed by atoms with E-state index in [0.717, 1.165) is 11.1 Å². The maximum Gasteiger partial charge on any atom is 0.264 e. The lowest BCUT2D eigenvalue weighted by molar-refractivity contribution is 0.102. The van der Waals surface area contributed by atoms with Crippen molar-refractivity contribution in [2.75, 3.05) is 16.7 Å². The average Bonchev–Trinajstić information content (AvgIpc) is 2.89. The van der Waals surface area contributed by atoms with Crippen LogP contribution in [0, 0.1) is 6.92 Å². The zero-order valence-electron chi connectivity index (χ0n) is 19.8. The van der Waals surface area contributed by atoms with E-state index in [1.807, 2.05) is 6.92 Å². The van der Waals surface area contributed by atoms with E-state index < -0.39 is 15.9 Å². The van der Waals surface area contributed by atoms with Gasteiger partial charge in [-0.05, 0) is 73.2 Å². The van der Waals surface area contributed by atoms with Crippen molar-refractivity contribution >= 4 is 38.9 Å². The number of nitrogens with one attached hydrogen (secondary N) is 1. The van der Waals surface area contributed by atoms with E-state index in [2.05, 4.69) is 5.32 Å². The first-order valence-electron chi connectivity index (χ1n) is 11.2. The van der Waals surface area contributed by atoms with Gasteiger partial charge in [0.15, 0.2) is 0 Å². The molecule has 4 aromatic rings. The second kappa shape index (κ2) is 10.8. The van der Waals surface area contributed by atoms with E-state index in [1.165, 1.54) is 4.31 Å². The van der Waals surface area contributed by atoms with Crippen LogP contribution in [0.2, 0.25) is 5.02 Å². The van der Waals surface area contributed by atoms with Gasteiger partial charge in [0.05, 0.1) is 29.8 Å². The maximum absolute atomic E-state index is 13.9. The van der Waals surface area contributed by atoms with Crippen LogP contribution in [0.5, 0.6) is 5.75 Å². The summed E-state index contributed by atoms with van der Waals surface area (Å²) >= 11 is 6.04. The molecular formula is C28H25ClN2O4S. The number of aryl methyl sites for hydroxylation is 1. The summed E-state index contributed by atoms with van der Waals surface area (Å²) in [6.07, 6.45) is 0. The van der Waals surface area contributed by atoms with Gasteiger partial charge in [-0.25, -0.2) is 8.42 Å². The summed E-state index contributed by atoms with van der Waals surface area (Å²) in [6, 6.07) is 27.1. The highest BCUT2D eigenvalue weighted by Crippen LogP contribution is 2.30. The molecule has 0 saturated carbocycles. The fourth-order valence-electron chi connectivity index (χ4n) is 3.65. The number of carbonyl (C=O) groups is 1. The third kappa shape index (κ3) is 5.70. The third-order valence-electron chi connectivity index (χ3n) is 5.61. The molecule has 6 nitrogen and oxygen atoms in total. The number of anilines is 2. The number of rotatable bonds is 8. The van der Waals surface area contributed by atoms with Gasteiger partial charge in [0.25, 0.3) is 15.9 Å². The number of halogens is 1. The van der Waals surface area contributed by atoms with E-state index >= 15 is 0 Å². The van der Waals surface area contributed by atoms with Crippen molar-refractivity contribution < 1.29 is 17.9 Å². The Kier molecular flexibility index (Phi) is 7.62. The van der Waals surface area contributed by atoms with Crippen LogP contribution in [0.1, 0.15) is 21.5 Å². The van der Waals surface area contributed by atoms with Gasteiger partial charge in [-0.2, -0.15) is 0 Å². The lowest BCUT2D eigenvalue weighted by Gasteiger charge is -2.27. The number of ether oxygens (including phenoxy) is 1. The van der Waals surface area contributed by atoms with Gasteiger partial charge in [-0.1, -0.05) is 53.6 Å².